The Morgan fingerprint density at radius 3 is 2.69 bits per heavy atom. The molecule has 0 aromatic carbocycles. The highest BCUT2D eigenvalue weighted by molar-refractivity contribution is 6.01. The van der Waals surface area contributed by atoms with E-state index in [4.69, 9.17) is 5.73 Å². The third-order valence-corrected chi connectivity index (χ3v) is 1.50. The summed E-state index contributed by atoms with van der Waals surface area (Å²) >= 11 is 0. The Balaban J connectivity index is 3.08. The fraction of sp³-hybridized carbons (Fsp3) is 0.286. The van der Waals surface area contributed by atoms with E-state index >= 15 is 0 Å². The van der Waals surface area contributed by atoms with Crippen LogP contribution in [0.2, 0.25) is 0 Å². The maximum atomic E-state index is 10.8. The zero-order chi connectivity index (χ0) is 10.0. The molecule has 0 atom stereocenters. The zero-order valence-electron chi connectivity index (χ0n) is 7.37. The summed E-state index contributed by atoms with van der Waals surface area (Å²) in [6.07, 6.45) is 1.31. The molecule has 1 rings (SSSR count). The second-order valence-corrected chi connectivity index (χ2v) is 2.58. The Bertz CT molecular complexity index is 355. The molecule has 0 unspecified atom stereocenters. The van der Waals surface area contributed by atoms with Crippen LogP contribution in [0.25, 0.3) is 0 Å². The lowest BCUT2D eigenvalue weighted by Gasteiger charge is -2.03. The molecule has 0 aliphatic rings. The van der Waals surface area contributed by atoms with Crippen LogP contribution >= 0.6 is 0 Å². The Morgan fingerprint density at radius 1 is 1.62 bits per heavy atom. The van der Waals surface area contributed by atoms with E-state index in [-0.39, 0.29) is 11.5 Å². The number of nitrogens with one attached hydrogen (secondary N) is 1. The Kier molecular flexibility index (Phi) is 2.32. The first-order valence-corrected chi connectivity index (χ1v) is 3.61. The van der Waals surface area contributed by atoms with Crippen LogP contribution in [-0.2, 0) is 11.8 Å². The average Bonchev–Trinajstić information content (AvgIpc) is 2.32. The van der Waals surface area contributed by atoms with Gasteiger partial charge in [-0.1, -0.05) is 0 Å². The van der Waals surface area contributed by atoms with E-state index in [1.165, 1.54) is 17.8 Å². The normalized spacial score (nSPS) is 9.69. The van der Waals surface area contributed by atoms with E-state index in [0.717, 1.165) is 0 Å². The number of aromatic nitrogens is 2. The van der Waals surface area contributed by atoms with Crippen molar-refractivity contribution in [2.24, 2.45) is 12.8 Å². The molecule has 1 aromatic heterocycles. The van der Waals surface area contributed by atoms with E-state index < -0.39 is 5.91 Å². The molecule has 0 radical (unpaired) electrons. The van der Waals surface area contributed by atoms with E-state index in [9.17, 15) is 9.59 Å². The molecule has 0 saturated carbocycles. The van der Waals surface area contributed by atoms with Crippen molar-refractivity contribution in [3.05, 3.63) is 11.8 Å². The molecule has 1 heterocycles. The first-order chi connectivity index (χ1) is 6.02. The van der Waals surface area contributed by atoms with Gasteiger partial charge in [-0.3, -0.25) is 14.3 Å². The molecule has 1 aromatic rings. The molecule has 0 bridgehead atoms. The fourth-order valence-electron chi connectivity index (χ4n) is 0.933. The van der Waals surface area contributed by atoms with Crippen molar-refractivity contribution in [2.75, 3.05) is 5.32 Å². The first-order valence-electron chi connectivity index (χ1n) is 3.61. The van der Waals surface area contributed by atoms with Gasteiger partial charge in [-0.25, -0.2) is 0 Å². The number of amides is 2. The van der Waals surface area contributed by atoms with Crippen LogP contribution in [0.3, 0.4) is 0 Å². The maximum absolute atomic E-state index is 10.8. The first kappa shape index (κ1) is 9.24. The summed E-state index contributed by atoms with van der Waals surface area (Å²) in [5.41, 5.74) is 5.27. The van der Waals surface area contributed by atoms with Crippen molar-refractivity contribution in [1.82, 2.24) is 9.78 Å². The highest BCUT2D eigenvalue weighted by Crippen LogP contribution is 2.12. The Hall–Kier alpha value is -1.85. The molecule has 2 amide bonds. The van der Waals surface area contributed by atoms with Crippen LogP contribution in [-0.4, -0.2) is 21.6 Å². The third-order valence-electron chi connectivity index (χ3n) is 1.50. The smallest absolute Gasteiger partial charge is 0.254 e. The molecule has 0 fully saturated rings. The topological polar surface area (TPSA) is 90.0 Å². The van der Waals surface area contributed by atoms with Gasteiger partial charge in [0.2, 0.25) is 5.91 Å². The van der Waals surface area contributed by atoms with Gasteiger partial charge < -0.3 is 11.1 Å². The van der Waals surface area contributed by atoms with Gasteiger partial charge in [-0.05, 0) is 0 Å². The van der Waals surface area contributed by atoms with Gasteiger partial charge in [-0.2, -0.15) is 5.10 Å². The summed E-state index contributed by atoms with van der Waals surface area (Å²) in [5.74, 6) is -0.567. The number of nitrogens with zero attached hydrogens (tertiary/aromatic N) is 2. The number of hydrogen-bond acceptors (Lipinski definition) is 3. The zero-order valence-corrected chi connectivity index (χ0v) is 7.37. The number of hydrogen-bond donors (Lipinski definition) is 2. The van der Waals surface area contributed by atoms with Crippen molar-refractivity contribution in [3.63, 3.8) is 0 Å². The van der Waals surface area contributed by atoms with Crippen molar-refractivity contribution < 1.29 is 9.59 Å². The molecule has 13 heavy (non-hydrogen) atoms. The SMILES string of the molecule is CC(=O)Nc1c(C(N)=O)cnn1C. The quantitative estimate of drug-likeness (QED) is 0.644. The fourth-order valence-corrected chi connectivity index (χ4v) is 0.933. The van der Waals surface area contributed by atoms with Crippen LogP contribution < -0.4 is 11.1 Å². The number of aryl methyl sites for hydroxylation is 1. The predicted octanol–water partition coefficient (Wildman–Crippen LogP) is -0.523. The lowest BCUT2D eigenvalue weighted by atomic mass is 10.3. The Labute approximate surface area is 74.7 Å². The van der Waals surface area contributed by atoms with E-state index in [2.05, 4.69) is 10.4 Å². The summed E-state index contributed by atoms with van der Waals surface area (Å²) < 4.78 is 1.38. The minimum Gasteiger partial charge on any atom is -0.365 e. The summed E-state index contributed by atoms with van der Waals surface area (Å²) in [5, 5.41) is 6.26. The van der Waals surface area contributed by atoms with Crippen LogP contribution in [0.1, 0.15) is 17.3 Å². The second-order valence-electron chi connectivity index (χ2n) is 2.58. The molecule has 0 saturated heterocycles. The molecular weight excluding hydrogens is 172 g/mol. The lowest BCUT2D eigenvalue weighted by molar-refractivity contribution is -0.114. The molecule has 0 aliphatic heterocycles. The van der Waals surface area contributed by atoms with Crippen molar-refractivity contribution in [3.8, 4) is 0 Å². The van der Waals surface area contributed by atoms with Gasteiger partial charge in [-0.15, -0.1) is 0 Å². The number of anilines is 1. The second kappa shape index (κ2) is 3.26. The minimum atomic E-state index is -0.614. The van der Waals surface area contributed by atoms with Crippen LogP contribution in [0, 0.1) is 0 Å². The van der Waals surface area contributed by atoms with Gasteiger partial charge in [0, 0.05) is 14.0 Å². The van der Waals surface area contributed by atoms with Gasteiger partial charge in [0.25, 0.3) is 5.91 Å². The molecule has 70 valence electrons. The van der Waals surface area contributed by atoms with Crippen molar-refractivity contribution in [2.45, 2.75) is 6.92 Å². The number of carbonyl (C=O) groups excluding carboxylic acids is 2. The highest BCUT2D eigenvalue weighted by Gasteiger charge is 2.13. The maximum Gasteiger partial charge on any atom is 0.254 e. The molecule has 6 heteroatoms. The third kappa shape index (κ3) is 1.84. The van der Waals surface area contributed by atoms with Crippen LogP contribution in [0.15, 0.2) is 6.20 Å². The van der Waals surface area contributed by atoms with Crippen LogP contribution in [0.4, 0.5) is 5.82 Å². The van der Waals surface area contributed by atoms with Gasteiger partial charge in [0.1, 0.15) is 11.4 Å². The molecular formula is C7H10N4O2. The summed E-state index contributed by atoms with van der Waals surface area (Å²) in [6.45, 7) is 1.35. The van der Waals surface area contributed by atoms with Gasteiger partial charge in [0.05, 0.1) is 6.20 Å². The number of rotatable bonds is 2. The minimum absolute atomic E-state index is 0.206. The van der Waals surface area contributed by atoms with Gasteiger partial charge >= 0.3 is 0 Å². The number of nitrogens with two attached hydrogens (primary N) is 1. The summed E-state index contributed by atoms with van der Waals surface area (Å²) in [4.78, 5) is 21.6. The standard InChI is InChI=1S/C7H10N4O2/c1-4(12)10-7-5(6(8)13)3-9-11(7)2/h3H,1-2H3,(H2,8,13)(H,10,12). The molecule has 0 spiro atoms. The monoisotopic (exact) mass is 182 g/mol. The molecule has 0 aliphatic carbocycles. The highest BCUT2D eigenvalue weighted by atomic mass is 16.2. The lowest BCUT2D eigenvalue weighted by Crippen LogP contribution is -2.17. The van der Waals surface area contributed by atoms with E-state index in [1.54, 1.807) is 7.05 Å². The number of carbonyl (C=O) groups is 2. The Morgan fingerprint density at radius 2 is 2.23 bits per heavy atom. The van der Waals surface area contributed by atoms with Crippen LogP contribution in [0.5, 0.6) is 0 Å². The average molecular weight is 182 g/mol. The van der Waals surface area contributed by atoms with Crippen molar-refractivity contribution >= 4 is 17.6 Å². The predicted molar refractivity (Wildman–Crippen MR) is 46.0 cm³/mol. The largest absolute Gasteiger partial charge is 0.365 e. The molecule has 6 nitrogen and oxygen atoms in total. The van der Waals surface area contributed by atoms with Crippen molar-refractivity contribution in [1.29, 1.82) is 0 Å². The van der Waals surface area contributed by atoms with E-state index in [0.29, 0.717) is 5.82 Å². The summed E-state index contributed by atoms with van der Waals surface area (Å²) in [7, 11) is 1.61. The van der Waals surface area contributed by atoms with E-state index in [1.807, 2.05) is 0 Å². The number of primary amides is 1. The summed E-state index contributed by atoms with van der Waals surface area (Å²) in [6, 6.07) is 0. The van der Waals surface area contributed by atoms with Gasteiger partial charge in [0.15, 0.2) is 0 Å². The molecule has 3 N–H and O–H groups in total.